The van der Waals surface area contributed by atoms with Crippen LogP contribution in [0.25, 0.3) is 0 Å². The Kier molecular flexibility index (Phi) is 8.23. The topological polar surface area (TPSA) is 52.7 Å². The van der Waals surface area contributed by atoms with Crippen molar-refractivity contribution in [2.45, 2.75) is 76.4 Å². The summed E-state index contributed by atoms with van der Waals surface area (Å²) in [5.74, 6) is 0.609. The van der Waals surface area contributed by atoms with Crippen molar-refractivity contribution in [3.8, 4) is 0 Å². The van der Waals surface area contributed by atoms with Crippen molar-refractivity contribution in [3.05, 3.63) is 71.3 Å². The third-order valence-corrected chi connectivity index (χ3v) is 8.61. The monoisotopic (exact) mass is 493 g/mol. The highest BCUT2D eigenvalue weighted by molar-refractivity contribution is 8.00. The van der Waals surface area contributed by atoms with Gasteiger partial charge in [-0.15, -0.1) is 11.8 Å². The Labute approximate surface area is 214 Å². The molecule has 2 heterocycles. The first-order chi connectivity index (χ1) is 16.8. The fourth-order valence-electron chi connectivity index (χ4n) is 4.99. The first kappa shape index (κ1) is 25.8. The highest BCUT2D eigenvalue weighted by atomic mass is 32.2. The molecule has 0 bridgehead atoms. The van der Waals surface area contributed by atoms with Gasteiger partial charge in [-0.2, -0.15) is 0 Å². The maximum atomic E-state index is 13.5. The van der Waals surface area contributed by atoms with Gasteiger partial charge in [-0.05, 0) is 47.9 Å². The van der Waals surface area contributed by atoms with Gasteiger partial charge in [0.05, 0.1) is 5.37 Å². The molecule has 4 rings (SSSR count). The summed E-state index contributed by atoms with van der Waals surface area (Å²) in [5.41, 5.74) is 3.22. The van der Waals surface area contributed by atoms with Gasteiger partial charge in [0.1, 0.15) is 6.04 Å². The van der Waals surface area contributed by atoms with Crippen LogP contribution in [0.3, 0.4) is 0 Å². The largest absolute Gasteiger partial charge is 0.351 e. The Hall–Kier alpha value is -2.31. The zero-order chi connectivity index (χ0) is 25.0. The molecule has 6 heteroatoms. The van der Waals surface area contributed by atoms with Crippen LogP contribution >= 0.6 is 11.8 Å². The number of benzene rings is 2. The van der Waals surface area contributed by atoms with Crippen molar-refractivity contribution in [1.29, 1.82) is 0 Å². The molecule has 2 amide bonds. The predicted octanol–water partition coefficient (Wildman–Crippen LogP) is 5.06. The molecule has 0 aromatic heterocycles. The van der Waals surface area contributed by atoms with Crippen LogP contribution < -0.4 is 5.32 Å². The molecule has 0 saturated carbocycles. The molecule has 0 spiro atoms. The third kappa shape index (κ3) is 6.28. The van der Waals surface area contributed by atoms with Gasteiger partial charge in [-0.1, -0.05) is 70.2 Å². The van der Waals surface area contributed by atoms with Gasteiger partial charge >= 0.3 is 0 Å². The van der Waals surface area contributed by atoms with Crippen LogP contribution in [0.4, 0.5) is 0 Å². The van der Waals surface area contributed by atoms with Crippen LogP contribution in [-0.2, 0) is 16.8 Å². The van der Waals surface area contributed by atoms with Crippen molar-refractivity contribution < 1.29 is 9.59 Å². The first-order valence-electron chi connectivity index (χ1n) is 12.9. The molecule has 0 aliphatic carbocycles. The molecule has 35 heavy (non-hydrogen) atoms. The Morgan fingerprint density at radius 3 is 2.26 bits per heavy atom. The Morgan fingerprint density at radius 1 is 1.00 bits per heavy atom. The van der Waals surface area contributed by atoms with Crippen molar-refractivity contribution in [3.63, 3.8) is 0 Å². The van der Waals surface area contributed by atoms with E-state index in [0.717, 1.165) is 38.9 Å². The molecule has 0 radical (unpaired) electrons. The van der Waals surface area contributed by atoms with E-state index in [-0.39, 0.29) is 28.6 Å². The van der Waals surface area contributed by atoms with Crippen LogP contribution in [0.1, 0.15) is 68.4 Å². The number of nitrogens with one attached hydrogen (secondary N) is 1. The molecule has 2 atom stereocenters. The highest BCUT2D eigenvalue weighted by Crippen LogP contribution is 2.33. The van der Waals surface area contributed by atoms with E-state index >= 15 is 0 Å². The van der Waals surface area contributed by atoms with Gasteiger partial charge in [0, 0.05) is 37.0 Å². The molecule has 5 nitrogen and oxygen atoms in total. The van der Waals surface area contributed by atoms with Crippen LogP contribution in [0.15, 0.2) is 54.6 Å². The average Bonchev–Trinajstić information content (AvgIpc) is 3.29. The summed E-state index contributed by atoms with van der Waals surface area (Å²) in [6.45, 7) is 11.5. The second-order valence-electron chi connectivity index (χ2n) is 10.8. The maximum Gasteiger partial charge on any atom is 0.255 e. The fraction of sp³-hybridized carbons (Fsp3) is 0.517. The summed E-state index contributed by atoms with van der Waals surface area (Å²) in [6.07, 6.45) is 2.72. The van der Waals surface area contributed by atoms with E-state index in [1.165, 1.54) is 11.1 Å². The normalized spacial score (nSPS) is 21.8. The lowest BCUT2D eigenvalue weighted by Gasteiger charge is -2.34. The molecule has 2 aliphatic heterocycles. The second-order valence-corrected chi connectivity index (χ2v) is 12.0. The lowest BCUT2D eigenvalue weighted by atomic mass is 9.86. The summed E-state index contributed by atoms with van der Waals surface area (Å²) in [7, 11) is 0. The summed E-state index contributed by atoms with van der Waals surface area (Å²) >= 11 is 1.72. The van der Waals surface area contributed by atoms with Gasteiger partial charge in [0.25, 0.3) is 5.91 Å². The Bertz CT molecular complexity index is 995. The van der Waals surface area contributed by atoms with E-state index in [4.69, 9.17) is 0 Å². The van der Waals surface area contributed by atoms with Crippen molar-refractivity contribution in [2.75, 3.05) is 18.8 Å². The van der Waals surface area contributed by atoms with Crippen LogP contribution in [0.2, 0.25) is 0 Å². The number of piperidine rings is 1. The summed E-state index contributed by atoms with van der Waals surface area (Å²) in [4.78, 5) is 31.2. The fourth-order valence-corrected chi connectivity index (χ4v) is 6.34. The van der Waals surface area contributed by atoms with Crippen molar-refractivity contribution >= 4 is 23.6 Å². The molecule has 2 unspecified atom stereocenters. The SMILES string of the molecule is CCC1SCC(C(=O)NC2CCN(Cc3ccccc3)CC2)N1C(=O)c1ccc(C(C)(C)C)cc1. The maximum absolute atomic E-state index is 13.5. The number of hydrogen-bond donors (Lipinski definition) is 1. The molecule has 2 fully saturated rings. The first-order valence-corrected chi connectivity index (χ1v) is 13.9. The summed E-state index contributed by atoms with van der Waals surface area (Å²) in [5, 5.41) is 3.32. The number of carbonyl (C=O) groups is 2. The molecular formula is C29H39N3O2S. The van der Waals surface area contributed by atoms with Gasteiger partial charge in [0.15, 0.2) is 0 Å². The van der Waals surface area contributed by atoms with Gasteiger partial charge < -0.3 is 10.2 Å². The molecule has 2 aliphatic rings. The molecule has 2 saturated heterocycles. The number of likely N-dealkylation sites (tertiary alicyclic amines) is 1. The van der Waals surface area contributed by atoms with Crippen LogP contribution in [0.5, 0.6) is 0 Å². The Morgan fingerprint density at radius 2 is 1.66 bits per heavy atom. The Balaban J connectivity index is 1.36. The highest BCUT2D eigenvalue weighted by Gasteiger charge is 2.41. The van der Waals surface area contributed by atoms with E-state index < -0.39 is 6.04 Å². The van der Waals surface area contributed by atoms with E-state index in [2.05, 4.69) is 62.2 Å². The average molecular weight is 494 g/mol. The number of rotatable bonds is 6. The molecular weight excluding hydrogens is 454 g/mol. The van der Waals surface area contributed by atoms with Crippen LogP contribution in [0, 0.1) is 0 Å². The third-order valence-electron chi connectivity index (χ3n) is 7.16. The summed E-state index contributed by atoms with van der Waals surface area (Å²) in [6, 6.07) is 18.2. The van der Waals surface area contributed by atoms with Crippen LogP contribution in [-0.4, -0.2) is 57.9 Å². The number of thioether (sulfide) groups is 1. The van der Waals surface area contributed by atoms with E-state index in [0.29, 0.717) is 11.3 Å². The lowest BCUT2D eigenvalue weighted by molar-refractivity contribution is -0.125. The van der Waals surface area contributed by atoms with Gasteiger partial charge in [-0.25, -0.2) is 0 Å². The minimum atomic E-state index is -0.415. The van der Waals surface area contributed by atoms with Gasteiger partial charge in [-0.3, -0.25) is 14.5 Å². The van der Waals surface area contributed by atoms with Crippen molar-refractivity contribution in [2.24, 2.45) is 0 Å². The number of nitrogens with zero attached hydrogens (tertiary/aromatic N) is 2. The van der Waals surface area contributed by atoms with E-state index in [1.807, 2.05) is 35.2 Å². The minimum Gasteiger partial charge on any atom is -0.351 e. The molecule has 2 aromatic carbocycles. The lowest BCUT2D eigenvalue weighted by Crippen LogP contribution is -2.53. The van der Waals surface area contributed by atoms with E-state index in [1.54, 1.807) is 11.8 Å². The zero-order valence-corrected chi connectivity index (χ0v) is 22.3. The quantitative estimate of drug-likeness (QED) is 0.611. The smallest absolute Gasteiger partial charge is 0.255 e. The molecule has 1 N–H and O–H groups in total. The van der Waals surface area contributed by atoms with E-state index in [9.17, 15) is 9.59 Å². The number of hydrogen-bond acceptors (Lipinski definition) is 4. The summed E-state index contributed by atoms with van der Waals surface area (Å²) < 4.78 is 0. The minimum absolute atomic E-state index is 0.00498. The number of carbonyl (C=O) groups excluding carboxylic acids is 2. The van der Waals surface area contributed by atoms with Crippen molar-refractivity contribution in [1.82, 2.24) is 15.1 Å². The second kappa shape index (κ2) is 11.2. The molecule has 2 aromatic rings. The predicted molar refractivity (Wildman–Crippen MR) is 145 cm³/mol. The molecule has 188 valence electrons. The van der Waals surface area contributed by atoms with Gasteiger partial charge in [0.2, 0.25) is 5.91 Å². The number of amides is 2. The zero-order valence-electron chi connectivity index (χ0n) is 21.5. The standard InChI is InChI=1S/C29H39N3O2S/c1-5-26-32(28(34)22-11-13-23(14-12-22)29(2,3)4)25(20-35-26)27(33)30-24-15-17-31(18-16-24)19-21-9-7-6-8-10-21/h6-14,24-26H,5,15-20H2,1-4H3,(H,30,33).